The Hall–Kier alpha value is -1.95. The summed E-state index contributed by atoms with van der Waals surface area (Å²) in [5.41, 5.74) is 1.40. The van der Waals surface area contributed by atoms with E-state index in [1.165, 1.54) is 25.3 Å². The number of halogens is 3. The smallest absolute Gasteiger partial charge is 0.338 e. The molecule has 0 spiro atoms. The van der Waals surface area contributed by atoms with E-state index in [1.54, 1.807) is 19.1 Å². The first-order valence-electron chi connectivity index (χ1n) is 7.08. The minimum atomic E-state index is -0.687. The van der Waals surface area contributed by atoms with E-state index in [0.29, 0.717) is 21.5 Å². The van der Waals surface area contributed by atoms with E-state index in [-0.39, 0.29) is 10.6 Å². The van der Waals surface area contributed by atoms with Crippen molar-refractivity contribution in [2.24, 2.45) is 0 Å². The summed E-state index contributed by atoms with van der Waals surface area (Å²) >= 11 is 17.6. The highest BCUT2D eigenvalue weighted by atomic mass is 35.5. The fourth-order valence-corrected chi connectivity index (χ4v) is 2.41. The van der Waals surface area contributed by atoms with Crippen LogP contribution in [0, 0.1) is 6.92 Å². The van der Waals surface area contributed by atoms with Gasteiger partial charge in [0.15, 0.2) is 6.61 Å². The number of anilines is 1. The van der Waals surface area contributed by atoms with Crippen molar-refractivity contribution in [3.63, 3.8) is 0 Å². The summed E-state index contributed by atoms with van der Waals surface area (Å²) in [4.78, 5) is 24.0. The van der Waals surface area contributed by atoms with Crippen molar-refractivity contribution in [3.8, 4) is 5.75 Å². The van der Waals surface area contributed by atoms with Gasteiger partial charge >= 0.3 is 5.97 Å². The van der Waals surface area contributed by atoms with Crippen LogP contribution in [0.4, 0.5) is 5.69 Å². The molecule has 0 aromatic heterocycles. The van der Waals surface area contributed by atoms with Gasteiger partial charge < -0.3 is 14.8 Å². The van der Waals surface area contributed by atoms with Gasteiger partial charge in [-0.3, -0.25) is 4.79 Å². The summed E-state index contributed by atoms with van der Waals surface area (Å²) in [6.07, 6.45) is 0. The summed E-state index contributed by atoms with van der Waals surface area (Å²) < 4.78 is 10.1. The molecule has 0 bridgehead atoms. The molecule has 1 N–H and O–H groups in total. The first-order valence-corrected chi connectivity index (χ1v) is 8.21. The number of rotatable bonds is 5. The average Bonchev–Trinajstić information content (AvgIpc) is 2.58. The normalized spacial score (nSPS) is 10.3. The summed E-state index contributed by atoms with van der Waals surface area (Å²) in [6.45, 7) is 1.33. The van der Waals surface area contributed by atoms with Gasteiger partial charge in [0.1, 0.15) is 5.75 Å². The lowest BCUT2D eigenvalue weighted by Crippen LogP contribution is -2.21. The Morgan fingerprint density at radius 1 is 1.04 bits per heavy atom. The molecule has 0 atom stereocenters. The van der Waals surface area contributed by atoms with Crippen molar-refractivity contribution < 1.29 is 19.1 Å². The number of methoxy groups -OCH3 is 1. The fraction of sp³-hybridized carbons (Fsp3) is 0.176. The van der Waals surface area contributed by atoms with E-state index < -0.39 is 18.5 Å². The average molecular weight is 403 g/mol. The SMILES string of the molecule is COc1cc(Cl)c(C)cc1NC(=O)COC(=O)c1ccc(Cl)c(Cl)c1. The van der Waals surface area contributed by atoms with Crippen molar-refractivity contribution >= 4 is 52.4 Å². The van der Waals surface area contributed by atoms with Crippen molar-refractivity contribution in [2.75, 3.05) is 19.0 Å². The number of aryl methyl sites for hydroxylation is 1. The number of amides is 1. The van der Waals surface area contributed by atoms with E-state index in [9.17, 15) is 9.59 Å². The number of ether oxygens (including phenoxy) is 2. The second-order valence-electron chi connectivity index (χ2n) is 5.05. The van der Waals surface area contributed by atoms with Crippen LogP contribution in [0.25, 0.3) is 0 Å². The van der Waals surface area contributed by atoms with Crippen molar-refractivity contribution in [1.29, 1.82) is 0 Å². The van der Waals surface area contributed by atoms with Crippen LogP contribution in [0.3, 0.4) is 0 Å². The van der Waals surface area contributed by atoms with Gasteiger partial charge in [-0.1, -0.05) is 34.8 Å². The predicted octanol–water partition coefficient (Wildman–Crippen LogP) is 4.76. The van der Waals surface area contributed by atoms with E-state index in [4.69, 9.17) is 44.3 Å². The Morgan fingerprint density at radius 2 is 1.76 bits per heavy atom. The third-order valence-corrected chi connectivity index (χ3v) is 4.39. The zero-order chi connectivity index (χ0) is 18.6. The standard InChI is InChI=1S/C17H14Cl3NO4/c1-9-5-14(15(24-2)7-12(9)19)21-16(22)8-25-17(23)10-3-4-11(18)13(20)6-10/h3-7H,8H2,1-2H3,(H,21,22). The Balaban J connectivity index is 2.00. The number of benzene rings is 2. The maximum absolute atomic E-state index is 12.0. The molecule has 8 heteroatoms. The first kappa shape index (κ1) is 19.4. The number of nitrogens with one attached hydrogen (secondary N) is 1. The van der Waals surface area contributed by atoms with Crippen LogP contribution in [-0.2, 0) is 9.53 Å². The maximum Gasteiger partial charge on any atom is 0.338 e. The Bertz CT molecular complexity index is 824. The molecule has 0 unspecified atom stereocenters. The summed E-state index contributed by atoms with van der Waals surface area (Å²) in [5.74, 6) is -0.804. The molecule has 0 saturated carbocycles. The number of hydrogen-bond donors (Lipinski definition) is 1. The maximum atomic E-state index is 12.0. The molecular weight excluding hydrogens is 389 g/mol. The summed E-state index contributed by atoms with van der Waals surface area (Å²) in [5, 5.41) is 3.67. The molecule has 0 fully saturated rings. The van der Waals surface area contributed by atoms with Crippen LogP contribution in [0.1, 0.15) is 15.9 Å². The van der Waals surface area contributed by atoms with Gasteiger partial charge in [0.25, 0.3) is 5.91 Å². The molecule has 0 aliphatic heterocycles. The zero-order valence-corrected chi connectivity index (χ0v) is 15.6. The lowest BCUT2D eigenvalue weighted by Gasteiger charge is -2.12. The number of hydrogen-bond acceptors (Lipinski definition) is 4. The molecule has 25 heavy (non-hydrogen) atoms. The summed E-state index contributed by atoms with van der Waals surface area (Å²) in [6, 6.07) is 7.56. The summed E-state index contributed by atoms with van der Waals surface area (Å²) in [7, 11) is 1.46. The number of carbonyl (C=O) groups excluding carboxylic acids is 2. The monoisotopic (exact) mass is 401 g/mol. The molecule has 2 aromatic rings. The van der Waals surface area contributed by atoms with Crippen LogP contribution in [0.5, 0.6) is 5.75 Å². The van der Waals surface area contributed by atoms with Crippen LogP contribution in [-0.4, -0.2) is 25.6 Å². The Labute approximate surface area is 159 Å². The minimum absolute atomic E-state index is 0.196. The highest BCUT2D eigenvalue weighted by molar-refractivity contribution is 6.42. The minimum Gasteiger partial charge on any atom is -0.495 e. The van der Waals surface area contributed by atoms with Gasteiger partial charge in [-0.15, -0.1) is 0 Å². The van der Waals surface area contributed by atoms with Gasteiger partial charge in [-0.2, -0.15) is 0 Å². The second kappa shape index (κ2) is 8.43. The Kier molecular flexibility index (Phi) is 6.53. The van der Waals surface area contributed by atoms with Gasteiger partial charge in [-0.25, -0.2) is 4.79 Å². The highest BCUT2D eigenvalue weighted by Gasteiger charge is 2.14. The van der Waals surface area contributed by atoms with E-state index >= 15 is 0 Å². The molecule has 0 saturated heterocycles. The van der Waals surface area contributed by atoms with Crippen LogP contribution in [0.2, 0.25) is 15.1 Å². The number of carbonyl (C=O) groups is 2. The van der Waals surface area contributed by atoms with E-state index in [0.717, 1.165) is 5.56 Å². The molecule has 132 valence electrons. The predicted molar refractivity (Wildman–Crippen MR) is 98.1 cm³/mol. The number of esters is 1. The fourth-order valence-electron chi connectivity index (χ4n) is 1.95. The molecule has 0 radical (unpaired) electrons. The lowest BCUT2D eigenvalue weighted by atomic mass is 10.2. The quantitative estimate of drug-likeness (QED) is 0.732. The topological polar surface area (TPSA) is 64.6 Å². The van der Waals surface area contributed by atoms with E-state index in [1.807, 2.05) is 0 Å². The van der Waals surface area contributed by atoms with Gasteiger partial charge in [0.05, 0.1) is 28.4 Å². The first-order chi connectivity index (χ1) is 11.8. The van der Waals surface area contributed by atoms with Crippen LogP contribution in [0.15, 0.2) is 30.3 Å². The Morgan fingerprint density at radius 3 is 2.40 bits per heavy atom. The molecule has 0 aliphatic carbocycles. The van der Waals surface area contributed by atoms with E-state index in [2.05, 4.69) is 5.32 Å². The molecule has 5 nitrogen and oxygen atoms in total. The van der Waals surface area contributed by atoms with Gasteiger partial charge in [0.2, 0.25) is 0 Å². The van der Waals surface area contributed by atoms with Gasteiger partial charge in [0, 0.05) is 11.1 Å². The lowest BCUT2D eigenvalue weighted by molar-refractivity contribution is -0.119. The van der Waals surface area contributed by atoms with Crippen LogP contribution >= 0.6 is 34.8 Å². The molecule has 2 rings (SSSR count). The molecule has 2 aromatic carbocycles. The van der Waals surface area contributed by atoms with Gasteiger partial charge in [-0.05, 0) is 36.8 Å². The third-order valence-electron chi connectivity index (χ3n) is 3.24. The largest absolute Gasteiger partial charge is 0.495 e. The molecule has 0 heterocycles. The highest BCUT2D eigenvalue weighted by Crippen LogP contribution is 2.30. The van der Waals surface area contributed by atoms with Crippen molar-refractivity contribution in [3.05, 3.63) is 56.5 Å². The molecule has 1 amide bonds. The zero-order valence-electron chi connectivity index (χ0n) is 13.4. The third kappa shape index (κ3) is 5.01. The van der Waals surface area contributed by atoms with Crippen molar-refractivity contribution in [1.82, 2.24) is 0 Å². The molecule has 0 aliphatic rings. The second-order valence-corrected chi connectivity index (χ2v) is 6.28. The van der Waals surface area contributed by atoms with Crippen molar-refractivity contribution in [2.45, 2.75) is 6.92 Å². The van der Waals surface area contributed by atoms with Crippen LogP contribution < -0.4 is 10.1 Å². The molecular formula is C17H14Cl3NO4.